The zero-order valence-corrected chi connectivity index (χ0v) is 20.0. The molecule has 0 aliphatic carbocycles. The second-order valence-corrected chi connectivity index (χ2v) is 7.11. The normalized spacial score (nSPS) is 11.5. The first-order valence-corrected chi connectivity index (χ1v) is 11.2. The molecule has 0 radical (unpaired) electrons. The maximum absolute atomic E-state index is 12.1. The van der Waals surface area contributed by atoms with Crippen molar-refractivity contribution in [2.75, 3.05) is 25.1 Å². The first-order valence-electron chi connectivity index (χ1n) is 11.2. The van der Waals surface area contributed by atoms with Gasteiger partial charge in [0.1, 0.15) is 5.82 Å². The Kier molecular flexibility index (Phi) is 10.1. The third-order valence-corrected chi connectivity index (χ3v) is 4.58. The molecule has 35 heavy (non-hydrogen) atoms. The Morgan fingerprint density at radius 1 is 1.09 bits per heavy atom. The van der Waals surface area contributed by atoms with E-state index in [1.807, 2.05) is 44.2 Å². The lowest BCUT2D eigenvalue weighted by Crippen LogP contribution is -2.22. The van der Waals surface area contributed by atoms with Gasteiger partial charge in [0.2, 0.25) is 5.82 Å². The number of nitrogens with zero attached hydrogens (tertiary/aromatic N) is 6. The van der Waals surface area contributed by atoms with Gasteiger partial charge in [0.15, 0.2) is 18.6 Å². The molecule has 1 amide bonds. The van der Waals surface area contributed by atoms with Gasteiger partial charge in [-0.05, 0) is 36.4 Å². The molecule has 0 bridgehead atoms. The summed E-state index contributed by atoms with van der Waals surface area (Å²) < 4.78 is 17.6. The molecular weight excluding hydrogens is 454 g/mol. The summed E-state index contributed by atoms with van der Waals surface area (Å²) >= 11 is 0. The van der Waals surface area contributed by atoms with Crippen molar-refractivity contribution in [1.29, 1.82) is 0 Å². The zero-order chi connectivity index (χ0) is 24.9. The molecular formula is C23H29N7O5. The van der Waals surface area contributed by atoms with Crippen molar-refractivity contribution in [1.82, 2.24) is 25.2 Å². The van der Waals surface area contributed by atoms with Crippen LogP contribution in [0.15, 0.2) is 53.7 Å². The van der Waals surface area contributed by atoms with Crippen molar-refractivity contribution >= 4 is 17.6 Å². The number of aryl methyl sites for hydroxylation is 1. The average molecular weight is 484 g/mol. The standard InChI is InChI=1S/C23H29N7O5/c1-4-32-20(33-5-2)14-15-34-23(31)25-19-13-9-12-18(24-19)16-35-27-21(17-10-7-6-8-11-17)22-26-28-29-30(22)3/h6-13,20H,4-5,14-16H2,1-3H3,(H,24,25,31)/b27-21-. The van der Waals surface area contributed by atoms with Crippen LogP contribution in [0.25, 0.3) is 0 Å². The first kappa shape index (κ1) is 25.7. The van der Waals surface area contributed by atoms with Crippen molar-refractivity contribution in [3.63, 3.8) is 0 Å². The van der Waals surface area contributed by atoms with Crippen molar-refractivity contribution in [3.8, 4) is 0 Å². The highest BCUT2D eigenvalue weighted by Crippen LogP contribution is 2.11. The molecule has 0 fully saturated rings. The van der Waals surface area contributed by atoms with Crippen LogP contribution in [0.3, 0.4) is 0 Å². The summed E-state index contributed by atoms with van der Waals surface area (Å²) in [5, 5.41) is 18.4. The third kappa shape index (κ3) is 8.12. The Labute approximate surface area is 203 Å². The summed E-state index contributed by atoms with van der Waals surface area (Å²) in [5.74, 6) is 0.783. The molecule has 12 nitrogen and oxygen atoms in total. The monoisotopic (exact) mass is 483 g/mol. The number of carbonyl (C=O) groups is 1. The van der Waals surface area contributed by atoms with E-state index in [-0.39, 0.29) is 13.2 Å². The smallest absolute Gasteiger partial charge is 0.412 e. The number of hydrogen-bond acceptors (Lipinski definition) is 10. The van der Waals surface area contributed by atoms with E-state index in [4.69, 9.17) is 19.0 Å². The minimum Gasteiger partial charge on any atom is -0.449 e. The van der Waals surface area contributed by atoms with E-state index >= 15 is 0 Å². The number of carbonyl (C=O) groups excluding carboxylic acids is 1. The van der Waals surface area contributed by atoms with Crippen LogP contribution in [-0.4, -0.2) is 63.1 Å². The highest BCUT2D eigenvalue weighted by molar-refractivity contribution is 6.10. The zero-order valence-electron chi connectivity index (χ0n) is 20.0. The molecule has 0 unspecified atom stereocenters. The van der Waals surface area contributed by atoms with Crippen LogP contribution >= 0.6 is 0 Å². The van der Waals surface area contributed by atoms with Crippen LogP contribution < -0.4 is 5.32 Å². The van der Waals surface area contributed by atoms with Crippen molar-refractivity contribution < 1.29 is 23.8 Å². The Hall–Kier alpha value is -3.90. The van der Waals surface area contributed by atoms with Crippen LogP contribution in [0.4, 0.5) is 10.6 Å². The predicted molar refractivity (Wildman–Crippen MR) is 127 cm³/mol. The van der Waals surface area contributed by atoms with Crippen LogP contribution in [0.5, 0.6) is 0 Å². The van der Waals surface area contributed by atoms with E-state index in [1.165, 1.54) is 4.68 Å². The molecule has 12 heteroatoms. The fourth-order valence-electron chi connectivity index (χ4n) is 3.02. The lowest BCUT2D eigenvalue weighted by molar-refractivity contribution is -0.143. The Balaban J connectivity index is 1.56. The minimum absolute atomic E-state index is 0.0660. The second-order valence-electron chi connectivity index (χ2n) is 7.11. The summed E-state index contributed by atoms with van der Waals surface area (Å²) in [7, 11) is 1.72. The summed E-state index contributed by atoms with van der Waals surface area (Å²) in [6.07, 6.45) is -0.601. The summed E-state index contributed by atoms with van der Waals surface area (Å²) in [5.41, 5.74) is 1.84. The molecule has 186 valence electrons. The van der Waals surface area contributed by atoms with Gasteiger partial charge in [0.25, 0.3) is 0 Å². The maximum Gasteiger partial charge on any atom is 0.412 e. The van der Waals surface area contributed by atoms with E-state index < -0.39 is 12.4 Å². The highest BCUT2D eigenvalue weighted by Gasteiger charge is 2.15. The molecule has 3 aromatic rings. The Morgan fingerprint density at radius 2 is 1.86 bits per heavy atom. The number of nitrogens with one attached hydrogen (secondary N) is 1. The quantitative estimate of drug-likeness (QED) is 0.221. The number of pyridine rings is 1. The number of benzene rings is 1. The lowest BCUT2D eigenvalue weighted by Gasteiger charge is -2.16. The fraction of sp³-hybridized carbons (Fsp3) is 0.391. The van der Waals surface area contributed by atoms with Gasteiger partial charge >= 0.3 is 6.09 Å². The van der Waals surface area contributed by atoms with Crippen molar-refractivity contribution in [2.45, 2.75) is 33.2 Å². The largest absolute Gasteiger partial charge is 0.449 e. The number of tetrazole rings is 1. The van der Waals surface area contributed by atoms with E-state index in [1.54, 1.807) is 25.2 Å². The molecule has 0 saturated heterocycles. The number of rotatable bonds is 13. The van der Waals surface area contributed by atoms with Gasteiger partial charge in [-0.15, -0.1) is 5.10 Å². The fourth-order valence-corrected chi connectivity index (χ4v) is 3.02. The third-order valence-electron chi connectivity index (χ3n) is 4.58. The van der Waals surface area contributed by atoms with Gasteiger partial charge in [0.05, 0.1) is 12.3 Å². The van der Waals surface area contributed by atoms with E-state index in [2.05, 4.69) is 31.0 Å². The summed E-state index contributed by atoms with van der Waals surface area (Å²) in [4.78, 5) is 22.0. The molecule has 2 heterocycles. The van der Waals surface area contributed by atoms with E-state index in [0.717, 1.165) is 5.56 Å². The SMILES string of the molecule is CCOC(CCOC(=O)Nc1cccc(CO/N=C(/c2ccccc2)c2nnnn2C)n1)OCC. The number of aromatic nitrogens is 5. The van der Waals surface area contributed by atoms with Gasteiger partial charge < -0.3 is 19.0 Å². The molecule has 0 aliphatic rings. The second kappa shape index (κ2) is 13.7. The van der Waals surface area contributed by atoms with Crippen LogP contribution in [0, 0.1) is 0 Å². The van der Waals surface area contributed by atoms with Crippen molar-refractivity contribution in [3.05, 3.63) is 65.6 Å². The van der Waals surface area contributed by atoms with Crippen LogP contribution in [-0.2, 0) is 32.7 Å². The summed E-state index contributed by atoms with van der Waals surface area (Å²) in [6, 6.07) is 14.6. The topological polar surface area (TPSA) is 135 Å². The van der Waals surface area contributed by atoms with E-state index in [9.17, 15) is 4.79 Å². The molecule has 0 aliphatic heterocycles. The van der Waals surface area contributed by atoms with Gasteiger partial charge in [-0.2, -0.15) is 0 Å². The number of amides is 1. The van der Waals surface area contributed by atoms with Gasteiger partial charge in [0, 0.05) is 32.2 Å². The van der Waals surface area contributed by atoms with Crippen molar-refractivity contribution in [2.24, 2.45) is 12.2 Å². The summed E-state index contributed by atoms with van der Waals surface area (Å²) in [6.45, 7) is 5.00. The number of anilines is 1. The molecule has 1 N–H and O–H groups in total. The predicted octanol–water partition coefficient (Wildman–Crippen LogP) is 2.91. The molecule has 2 aromatic heterocycles. The number of oxime groups is 1. The van der Waals surface area contributed by atoms with E-state index in [0.29, 0.717) is 42.7 Å². The Morgan fingerprint density at radius 3 is 2.54 bits per heavy atom. The highest BCUT2D eigenvalue weighted by atomic mass is 16.7. The Bertz CT molecular complexity index is 1080. The first-order chi connectivity index (χ1) is 17.1. The molecule has 0 atom stereocenters. The number of hydrogen-bond donors (Lipinski definition) is 1. The average Bonchev–Trinajstić information content (AvgIpc) is 3.28. The molecule has 3 rings (SSSR count). The van der Waals surface area contributed by atoms with Gasteiger partial charge in [-0.25, -0.2) is 14.5 Å². The maximum atomic E-state index is 12.1. The van der Waals surface area contributed by atoms with Crippen LogP contribution in [0.2, 0.25) is 0 Å². The minimum atomic E-state index is -0.624. The molecule has 0 spiro atoms. The van der Waals surface area contributed by atoms with Crippen LogP contribution in [0.1, 0.15) is 37.4 Å². The molecule has 1 aromatic carbocycles. The number of ether oxygens (including phenoxy) is 3. The van der Waals surface area contributed by atoms with Gasteiger partial charge in [-0.3, -0.25) is 5.32 Å². The van der Waals surface area contributed by atoms with Gasteiger partial charge in [-0.1, -0.05) is 41.6 Å². The molecule has 0 saturated carbocycles. The lowest BCUT2D eigenvalue weighted by atomic mass is 10.1.